The first-order chi connectivity index (χ1) is 16.0. The van der Waals surface area contributed by atoms with Crippen LogP contribution in [-0.4, -0.2) is 40.3 Å². The summed E-state index contributed by atoms with van der Waals surface area (Å²) >= 11 is 0. The summed E-state index contributed by atoms with van der Waals surface area (Å²) in [6.07, 6.45) is 0.477. The number of benzene rings is 2. The van der Waals surface area contributed by atoms with Crippen LogP contribution in [0.15, 0.2) is 64.5 Å². The average molecular weight is 447 g/mol. The largest absolute Gasteiger partial charge is 0.465 e. The number of esters is 1. The van der Waals surface area contributed by atoms with Crippen LogP contribution in [0.2, 0.25) is 0 Å². The maximum absolute atomic E-state index is 13.2. The van der Waals surface area contributed by atoms with Crippen molar-refractivity contribution in [1.82, 2.24) is 20.9 Å². The fourth-order valence-electron chi connectivity index (χ4n) is 3.58. The van der Waals surface area contributed by atoms with E-state index in [0.29, 0.717) is 35.1 Å². The molecule has 0 unspecified atom stereocenters. The second-order valence-electron chi connectivity index (χ2n) is 7.49. The van der Waals surface area contributed by atoms with Gasteiger partial charge in [-0.1, -0.05) is 36.4 Å². The summed E-state index contributed by atoms with van der Waals surface area (Å²) in [6, 6.07) is 13.7. The number of hydrogen-bond acceptors (Lipinski definition) is 7. The first-order valence-corrected chi connectivity index (χ1v) is 10.3. The summed E-state index contributed by atoms with van der Waals surface area (Å²) in [5.41, 5.74) is 2.87. The number of hydrazone groups is 1. The molecule has 0 radical (unpaired) electrons. The van der Waals surface area contributed by atoms with E-state index in [1.54, 1.807) is 61.5 Å². The molecule has 0 bridgehead atoms. The average Bonchev–Trinajstić information content (AvgIpc) is 3.28. The van der Waals surface area contributed by atoms with Gasteiger partial charge in [-0.3, -0.25) is 19.2 Å². The number of aromatic amines is 1. The van der Waals surface area contributed by atoms with Crippen molar-refractivity contribution >= 4 is 34.3 Å². The fraction of sp³-hybridized carbons (Fsp3) is 0.217. The lowest BCUT2D eigenvalue weighted by atomic mass is 10.0. The molecule has 2 aromatic carbocycles. The zero-order valence-corrected chi connectivity index (χ0v) is 17.7. The van der Waals surface area contributed by atoms with Crippen LogP contribution in [0.5, 0.6) is 0 Å². The minimum absolute atomic E-state index is 0.153. The highest BCUT2D eigenvalue weighted by molar-refractivity contribution is 6.03. The Morgan fingerprint density at radius 1 is 1.09 bits per heavy atom. The van der Waals surface area contributed by atoms with Crippen LogP contribution in [0.4, 0.5) is 0 Å². The van der Waals surface area contributed by atoms with Gasteiger partial charge in [0.15, 0.2) is 6.04 Å². The molecular weight excluding hydrogens is 426 g/mol. The zero-order valence-electron chi connectivity index (χ0n) is 17.7. The van der Waals surface area contributed by atoms with Gasteiger partial charge in [-0.05, 0) is 25.1 Å². The molecule has 0 aliphatic carbocycles. The standard InChI is InChI=1S/C23H21N5O5/c1-13(15-11-12-33-23(15)32)25-28-22(31)19(24-20(29)14-7-3-2-4-8-14)18-16-9-5-6-10-17(16)21(30)27-26-18/h2-10,15,19H,11-12H2,1H3,(H,24,29)(H,27,30)(H,28,31)/b25-13-/t15-,19-/m1/s1. The molecule has 1 aromatic heterocycles. The van der Waals surface area contributed by atoms with Crippen molar-refractivity contribution in [3.8, 4) is 0 Å². The Bertz CT molecular complexity index is 1300. The van der Waals surface area contributed by atoms with Crippen molar-refractivity contribution in [3.63, 3.8) is 0 Å². The van der Waals surface area contributed by atoms with Crippen LogP contribution in [0.1, 0.15) is 35.4 Å². The van der Waals surface area contributed by atoms with Gasteiger partial charge in [0.05, 0.1) is 17.9 Å². The third-order valence-electron chi connectivity index (χ3n) is 5.35. The first-order valence-electron chi connectivity index (χ1n) is 10.3. The number of rotatable bonds is 6. The summed E-state index contributed by atoms with van der Waals surface area (Å²) < 4.78 is 4.94. The number of fused-ring (bicyclic) bond motifs is 1. The molecule has 2 heterocycles. The van der Waals surface area contributed by atoms with Gasteiger partial charge < -0.3 is 10.1 Å². The number of ether oxygens (including phenoxy) is 1. The number of hydrogen-bond donors (Lipinski definition) is 3. The van der Waals surface area contributed by atoms with Crippen molar-refractivity contribution in [2.75, 3.05) is 6.61 Å². The van der Waals surface area contributed by atoms with Gasteiger partial charge >= 0.3 is 5.97 Å². The molecule has 0 spiro atoms. The molecule has 3 N–H and O–H groups in total. The maximum Gasteiger partial charge on any atom is 0.314 e. The molecule has 3 aromatic rings. The third kappa shape index (κ3) is 4.64. The van der Waals surface area contributed by atoms with Crippen molar-refractivity contribution in [2.24, 2.45) is 11.0 Å². The van der Waals surface area contributed by atoms with Crippen LogP contribution in [0, 0.1) is 5.92 Å². The fourth-order valence-corrected chi connectivity index (χ4v) is 3.58. The minimum Gasteiger partial charge on any atom is -0.465 e. The number of nitrogens with zero attached hydrogens (tertiary/aromatic N) is 2. The lowest BCUT2D eigenvalue weighted by Crippen LogP contribution is -2.40. The van der Waals surface area contributed by atoms with Gasteiger partial charge in [-0.15, -0.1) is 0 Å². The van der Waals surface area contributed by atoms with Gasteiger partial charge in [-0.25, -0.2) is 10.5 Å². The smallest absolute Gasteiger partial charge is 0.314 e. The Morgan fingerprint density at radius 2 is 1.79 bits per heavy atom. The quantitative estimate of drug-likeness (QED) is 0.297. The van der Waals surface area contributed by atoms with E-state index in [4.69, 9.17) is 4.74 Å². The lowest BCUT2D eigenvalue weighted by Gasteiger charge is -2.18. The first kappa shape index (κ1) is 21.9. The van der Waals surface area contributed by atoms with E-state index in [9.17, 15) is 19.2 Å². The Balaban J connectivity index is 1.68. The zero-order chi connectivity index (χ0) is 23.4. The summed E-state index contributed by atoms with van der Waals surface area (Å²) in [7, 11) is 0. The Labute approximate surface area is 188 Å². The van der Waals surface area contributed by atoms with E-state index < -0.39 is 35.3 Å². The Hall–Kier alpha value is -4.34. The van der Waals surface area contributed by atoms with Gasteiger partial charge in [0.25, 0.3) is 17.4 Å². The number of amides is 2. The monoisotopic (exact) mass is 447 g/mol. The van der Waals surface area contributed by atoms with Crippen molar-refractivity contribution in [2.45, 2.75) is 19.4 Å². The molecule has 2 amide bonds. The van der Waals surface area contributed by atoms with Crippen LogP contribution >= 0.6 is 0 Å². The highest BCUT2D eigenvalue weighted by Gasteiger charge is 2.31. The molecule has 1 saturated heterocycles. The number of aromatic nitrogens is 2. The number of H-pyrrole nitrogens is 1. The van der Waals surface area contributed by atoms with Crippen molar-refractivity contribution in [3.05, 3.63) is 76.2 Å². The third-order valence-corrected chi connectivity index (χ3v) is 5.35. The van der Waals surface area contributed by atoms with Crippen LogP contribution in [0.25, 0.3) is 10.8 Å². The van der Waals surface area contributed by atoms with E-state index in [1.165, 1.54) is 0 Å². The van der Waals surface area contributed by atoms with Gasteiger partial charge in [-0.2, -0.15) is 10.2 Å². The van der Waals surface area contributed by atoms with Crippen LogP contribution < -0.4 is 16.3 Å². The minimum atomic E-state index is -1.27. The van der Waals surface area contributed by atoms with Gasteiger partial charge in [0, 0.05) is 23.1 Å². The molecule has 168 valence electrons. The predicted octanol–water partition coefficient (Wildman–Crippen LogP) is 1.45. The molecular formula is C23H21N5O5. The SMILES string of the molecule is C/C(=N/NC(=O)[C@H](NC(=O)c1ccccc1)c1n[nH]c(=O)c2ccccc12)[C@H]1CCOC1=O. The summed E-state index contributed by atoms with van der Waals surface area (Å²) in [5, 5.41) is 13.9. The highest BCUT2D eigenvalue weighted by atomic mass is 16.5. The van der Waals surface area contributed by atoms with Crippen LogP contribution in [0.3, 0.4) is 0 Å². The number of carbonyl (C=O) groups is 3. The van der Waals surface area contributed by atoms with E-state index in [1.807, 2.05) is 0 Å². The van der Waals surface area contributed by atoms with Crippen molar-refractivity contribution < 1.29 is 19.1 Å². The highest BCUT2D eigenvalue weighted by Crippen LogP contribution is 2.21. The number of nitrogens with one attached hydrogen (secondary N) is 3. The molecule has 1 aliphatic heterocycles. The second kappa shape index (κ2) is 9.43. The lowest BCUT2D eigenvalue weighted by molar-refractivity contribution is -0.139. The number of carbonyl (C=O) groups excluding carboxylic acids is 3. The summed E-state index contributed by atoms with van der Waals surface area (Å²) in [5.74, 6) is -2.12. The number of cyclic esters (lactones) is 1. The Morgan fingerprint density at radius 3 is 2.48 bits per heavy atom. The summed E-state index contributed by atoms with van der Waals surface area (Å²) in [6.45, 7) is 1.91. The summed E-state index contributed by atoms with van der Waals surface area (Å²) in [4.78, 5) is 50.0. The van der Waals surface area contributed by atoms with Gasteiger partial charge in [0.1, 0.15) is 5.69 Å². The molecule has 10 heteroatoms. The molecule has 1 aliphatic rings. The maximum atomic E-state index is 13.2. The van der Waals surface area contributed by atoms with E-state index in [-0.39, 0.29) is 5.69 Å². The van der Waals surface area contributed by atoms with Gasteiger partial charge in [0.2, 0.25) is 0 Å². The van der Waals surface area contributed by atoms with Crippen molar-refractivity contribution in [1.29, 1.82) is 0 Å². The topological polar surface area (TPSA) is 143 Å². The molecule has 2 atom stereocenters. The van der Waals surface area contributed by atoms with Crippen LogP contribution in [-0.2, 0) is 14.3 Å². The normalized spacial score (nSPS) is 16.8. The molecule has 1 fully saturated rings. The Kier molecular flexibility index (Phi) is 6.25. The molecule has 4 rings (SSSR count). The van der Waals surface area contributed by atoms with E-state index in [0.717, 1.165) is 0 Å². The molecule has 10 nitrogen and oxygen atoms in total. The van der Waals surface area contributed by atoms with E-state index in [2.05, 4.69) is 26.0 Å². The van der Waals surface area contributed by atoms with E-state index >= 15 is 0 Å². The molecule has 33 heavy (non-hydrogen) atoms. The predicted molar refractivity (Wildman–Crippen MR) is 119 cm³/mol. The second-order valence-corrected chi connectivity index (χ2v) is 7.49. The molecule has 0 saturated carbocycles.